The lowest BCUT2D eigenvalue weighted by molar-refractivity contribution is -0.137. The van der Waals surface area contributed by atoms with E-state index in [0.717, 1.165) is 12.1 Å². The first-order valence-corrected chi connectivity index (χ1v) is 5.17. The number of hydrogen-bond acceptors (Lipinski definition) is 3. The Morgan fingerprint density at radius 3 is 2.65 bits per heavy atom. The fourth-order valence-corrected chi connectivity index (χ4v) is 1.80. The molecule has 2 N–H and O–H groups in total. The number of nitrogens with zero attached hydrogens (tertiary/aromatic N) is 2. The van der Waals surface area contributed by atoms with Crippen molar-refractivity contribution < 1.29 is 13.2 Å². The van der Waals surface area contributed by atoms with Gasteiger partial charge in [0.15, 0.2) is 0 Å². The normalized spacial score (nSPS) is 20.6. The van der Waals surface area contributed by atoms with Gasteiger partial charge < -0.3 is 5.73 Å². The molecule has 3 nitrogen and oxygen atoms in total. The third kappa shape index (κ3) is 2.35. The number of alkyl halides is 3. The summed E-state index contributed by atoms with van der Waals surface area (Å²) in [6.07, 6.45) is -3.77. The molecule has 1 aromatic carbocycles. The molecule has 0 spiro atoms. The summed E-state index contributed by atoms with van der Waals surface area (Å²) in [5.74, 6) is 0.440. The maximum atomic E-state index is 12.5. The van der Waals surface area contributed by atoms with Crippen molar-refractivity contribution in [1.82, 2.24) is 0 Å². The van der Waals surface area contributed by atoms with Crippen LogP contribution in [0.15, 0.2) is 29.4 Å². The SMILES string of the molecule is CC1CC(N)=NN1c1cccc(C(F)(F)F)c1. The molecule has 1 heterocycles. The Balaban J connectivity index is 2.34. The second kappa shape index (κ2) is 3.94. The van der Waals surface area contributed by atoms with Crippen LogP contribution in [-0.2, 0) is 6.18 Å². The van der Waals surface area contributed by atoms with Crippen molar-refractivity contribution in [1.29, 1.82) is 0 Å². The van der Waals surface area contributed by atoms with Crippen LogP contribution in [0, 0.1) is 0 Å². The Morgan fingerprint density at radius 1 is 1.41 bits per heavy atom. The van der Waals surface area contributed by atoms with Crippen LogP contribution in [0.5, 0.6) is 0 Å². The maximum Gasteiger partial charge on any atom is 0.416 e. The molecule has 0 saturated heterocycles. The molecule has 92 valence electrons. The highest BCUT2D eigenvalue weighted by molar-refractivity contribution is 5.84. The summed E-state index contributed by atoms with van der Waals surface area (Å²) < 4.78 is 37.6. The van der Waals surface area contributed by atoms with E-state index in [9.17, 15) is 13.2 Å². The Morgan fingerprint density at radius 2 is 2.12 bits per heavy atom. The van der Waals surface area contributed by atoms with Crippen molar-refractivity contribution in [3.05, 3.63) is 29.8 Å². The largest absolute Gasteiger partial charge is 0.416 e. The van der Waals surface area contributed by atoms with E-state index in [-0.39, 0.29) is 6.04 Å². The minimum atomic E-state index is -4.34. The van der Waals surface area contributed by atoms with Gasteiger partial charge in [0, 0.05) is 6.42 Å². The number of anilines is 1. The highest BCUT2D eigenvalue weighted by Crippen LogP contribution is 2.33. The second-order valence-electron chi connectivity index (χ2n) is 4.04. The van der Waals surface area contributed by atoms with E-state index in [0.29, 0.717) is 17.9 Å². The van der Waals surface area contributed by atoms with Crippen LogP contribution in [0.25, 0.3) is 0 Å². The first-order chi connectivity index (χ1) is 7.88. The lowest BCUT2D eigenvalue weighted by Crippen LogP contribution is -2.23. The molecule has 2 rings (SSSR count). The summed E-state index contributed by atoms with van der Waals surface area (Å²) in [4.78, 5) is 0. The molecule has 0 saturated carbocycles. The average Bonchev–Trinajstić information content (AvgIpc) is 2.57. The van der Waals surface area contributed by atoms with E-state index in [1.165, 1.54) is 11.1 Å². The van der Waals surface area contributed by atoms with Gasteiger partial charge in [-0.25, -0.2) is 0 Å². The smallest absolute Gasteiger partial charge is 0.386 e. The Kier molecular flexibility index (Phi) is 2.73. The van der Waals surface area contributed by atoms with Crippen molar-refractivity contribution >= 4 is 11.5 Å². The van der Waals surface area contributed by atoms with Crippen LogP contribution >= 0.6 is 0 Å². The fraction of sp³-hybridized carbons (Fsp3) is 0.364. The molecule has 6 heteroatoms. The average molecular weight is 243 g/mol. The Hall–Kier alpha value is -1.72. The quantitative estimate of drug-likeness (QED) is 0.823. The predicted octanol–water partition coefficient (Wildman–Crippen LogP) is 2.58. The van der Waals surface area contributed by atoms with Gasteiger partial charge in [0.2, 0.25) is 0 Å². The van der Waals surface area contributed by atoms with Crippen LogP contribution in [0.4, 0.5) is 18.9 Å². The molecule has 0 amide bonds. The zero-order chi connectivity index (χ0) is 12.6. The number of hydrazone groups is 1. The molecular weight excluding hydrogens is 231 g/mol. The minimum absolute atomic E-state index is 0.0153. The Labute approximate surface area is 96.7 Å². The van der Waals surface area contributed by atoms with E-state index in [4.69, 9.17) is 5.73 Å². The third-order valence-corrected chi connectivity index (χ3v) is 2.60. The van der Waals surface area contributed by atoms with Gasteiger partial charge in [0.1, 0.15) is 5.84 Å². The summed E-state index contributed by atoms with van der Waals surface area (Å²) in [6, 6.07) is 5.07. The van der Waals surface area contributed by atoms with Crippen molar-refractivity contribution in [2.75, 3.05) is 5.01 Å². The maximum absolute atomic E-state index is 12.5. The number of halogens is 3. The predicted molar refractivity (Wildman–Crippen MR) is 59.6 cm³/mol. The van der Waals surface area contributed by atoms with Crippen LogP contribution in [0.3, 0.4) is 0 Å². The van der Waals surface area contributed by atoms with Crippen molar-refractivity contribution in [2.24, 2.45) is 10.8 Å². The molecule has 0 aromatic heterocycles. The van der Waals surface area contributed by atoms with Gasteiger partial charge in [-0.3, -0.25) is 5.01 Å². The van der Waals surface area contributed by atoms with Gasteiger partial charge in [-0.2, -0.15) is 18.3 Å². The lowest BCUT2D eigenvalue weighted by atomic mass is 10.1. The van der Waals surface area contributed by atoms with Crippen molar-refractivity contribution in [3.8, 4) is 0 Å². The highest BCUT2D eigenvalue weighted by Gasteiger charge is 2.31. The minimum Gasteiger partial charge on any atom is -0.386 e. The number of amidine groups is 1. The molecule has 1 aliphatic rings. The summed E-state index contributed by atoms with van der Waals surface area (Å²) in [7, 11) is 0. The molecule has 0 radical (unpaired) electrons. The van der Waals surface area contributed by atoms with Crippen LogP contribution < -0.4 is 10.7 Å². The molecule has 1 aliphatic heterocycles. The van der Waals surface area contributed by atoms with E-state index >= 15 is 0 Å². The molecule has 0 aliphatic carbocycles. The summed E-state index contributed by atoms with van der Waals surface area (Å²) >= 11 is 0. The second-order valence-corrected chi connectivity index (χ2v) is 4.04. The lowest BCUT2D eigenvalue weighted by Gasteiger charge is -2.20. The van der Waals surface area contributed by atoms with Gasteiger partial charge in [0.25, 0.3) is 0 Å². The van der Waals surface area contributed by atoms with E-state index in [1.807, 2.05) is 6.92 Å². The number of rotatable bonds is 1. The van der Waals surface area contributed by atoms with Gasteiger partial charge in [-0.15, -0.1) is 0 Å². The molecule has 0 fully saturated rings. The van der Waals surface area contributed by atoms with Gasteiger partial charge in [-0.05, 0) is 25.1 Å². The van der Waals surface area contributed by atoms with Crippen molar-refractivity contribution in [3.63, 3.8) is 0 Å². The monoisotopic (exact) mass is 243 g/mol. The van der Waals surface area contributed by atoms with Crippen LogP contribution in [0.2, 0.25) is 0 Å². The molecule has 1 aromatic rings. The van der Waals surface area contributed by atoms with Crippen LogP contribution in [0.1, 0.15) is 18.9 Å². The highest BCUT2D eigenvalue weighted by atomic mass is 19.4. The summed E-state index contributed by atoms with van der Waals surface area (Å²) in [6.45, 7) is 1.86. The first kappa shape index (κ1) is 11.8. The Bertz CT molecular complexity index is 454. The molecule has 17 heavy (non-hydrogen) atoms. The van der Waals surface area contributed by atoms with Crippen LogP contribution in [-0.4, -0.2) is 11.9 Å². The first-order valence-electron chi connectivity index (χ1n) is 5.17. The zero-order valence-electron chi connectivity index (χ0n) is 9.20. The third-order valence-electron chi connectivity index (χ3n) is 2.60. The summed E-state index contributed by atoms with van der Waals surface area (Å²) in [5, 5.41) is 5.54. The number of hydrogen-bond donors (Lipinski definition) is 1. The van der Waals surface area contributed by atoms with Gasteiger partial charge in [0.05, 0.1) is 17.3 Å². The molecule has 1 unspecified atom stereocenters. The van der Waals surface area contributed by atoms with Gasteiger partial charge >= 0.3 is 6.18 Å². The van der Waals surface area contributed by atoms with E-state index in [2.05, 4.69) is 5.10 Å². The van der Waals surface area contributed by atoms with E-state index < -0.39 is 11.7 Å². The zero-order valence-corrected chi connectivity index (χ0v) is 9.20. The summed E-state index contributed by atoms with van der Waals surface area (Å²) in [5.41, 5.74) is 5.29. The van der Waals surface area contributed by atoms with Crippen molar-refractivity contribution in [2.45, 2.75) is 25.6 Å². The molecule has 0 bridgehead atoms. The van der Waals surface area contributed by atoms with Gasteiger partial charge in [-0.1, -0.05) is 6.07 Å². The number of benzene rings is 1. The molecule has 1 atom stereocenters. The topological polar surface area (TPSA) is 41.6 Å². The standard InChI is InChI=1S/C11H12F3N3/c1-7-5-10(15)16-17(7)9-4-2-3-8(6-9)11(12,13)14/h2-4,6-7H,5H2,1H3,(H2,15,16). The molecular formula is C11H12F3N3. The van der Waals surface area contributed by atoms with E-state index in [1.54, 1.807) is 6.07 Å². The fourth-order valence-electron chi connectivity index (χ4n) is 1.80. The number of nitrogens with two attached hydrogens (primary N) is 1.